The van der Waals surface area contributed by atoms with Gasteiger partial charge < -0.3 is 4.52 Å². The molecule has 1 aliphatic heterocycles. The van der Waals surface area contributed by atoms with E-state index in [1.807, 2.05) is 30.3 Å². The molecule has 0 radical (unpaired) electrons. The standard InChI is InChI=1S/C21H24N4O3S2/c26-30(27,25-12-6-1-2-7-13-25)18-10-11-21(22-15-18)29-16-20-23-19(24-28-20)14-17-8-4-3-5-9-17/h3-5,8-11,15H,1-2,6-7,12-14,16H2. The minimum Gasteiger partial charge on any atom is -0.338 e. The lowest BCUT2D eigenvalue weighted by Crippen LogP contribution is -2.32. The predicted octanol–water partition coefficient (Wildman–Crippen LogP) is 3.91. The van der Waals surface area contributed by atoms with Crippen LogP contribution in [-0.4, -0.2) is 40.9 Å². The Kier molecular flexibility index (Phi) is 6.81. The fraction of sp³-hybridized carbons (Fsp3) is 0.381. The van der Waals surface area contributed by atoms with Gasteiger partial charge in [-0.2, -0.15) is 9.29 Å². The van der Waals surface area contributed by atoms with Crippen LogP contribution < -0.4 is 0 Å². The van der Waals surface area contributed by atoms with E-state index in [0.29, 0.717) is 42.0 Å². The van der Waals surface area contributed by atoms with Crippen LogP contribution >= 0.6 is 11.8 Å². The number of rotatable bonds is 7. The van der Waals surface area contributed by atoms with E-state index in [4.69, 9.17) is 4.52 Å². The molecule has 0 unspecified atom stereocenters. The molecule has 0 bridgehead atoms. The van der Waals surface area contributed by atoms with Crippen molar-refractivity contribution in [1.82, 2.24) is 19.4 Å². The lowest BCUT2D eigenvalue weighted by atomic mass is 10.1. The Bertz CT molecular complexity index is 1050. The molecular formula is C21H24N4O3S2. The third-order valence-corrected chi connectivity index (χ3v) is 7.78. The lowest BCUT2D eigenvalue weighted by Gasteiger charge is -2.19. The molecule has 3 aromatic rings. The Morgan fingerprint density at radius 1 is 1.00 bits per heavy atom. The van der Waals surface area contributed by atoms with E-state index in [-0.39, 0.29) is 4.90 Å². The van der Waals surface area contributed by atoms with Crippen molar-refractivity contribution in [3.8, 4) is 0 Å². The maximum absolute atomic E-state index is 12.8. The second-order valence-corrected chi connectivity index (χ2v) is 10.1. The van der Waals surface area contributed by atoms with Gasteiger partial charge in [0, 0.05) is 25.7 Å². The molecule has 3 heterocycles. The summed E-state index contributed by atoms with van der Waals surface area (Å²) in [6.07, 6.45) is 6.06. The molecule has 9 heteroatoms. The Balaban J connectivity index is 1.35. The summed E-state index contributed by atoms with van der Waals surface area (Å²) in [4.78, 5) is 8.99. The summed E-state index contributed by atoms with van der Waals surface area (Å²) in [5.74, 6) is 1.64. The van der Waals surface area contributed by atoms with Crippen LogP contribution in [0, 0.1) is 0 Å². The van der Waals surface area contributed by atoms with Crippen molar-refractivity contribution in [1.29, 1.82) is 0 Å². The molecule has 0 atom stereocenters. The van der Waals surface area contributed by atoms with Crippen LogP contribution in [0.15, 0.2) is 63.1 Å². The van der Waals surface area contributed by atoms with E-state index in [9.17, 15) is 8.42 Å². The minimum absolute atomic E-state index is 0.247. The van der Waals surface area contributed by atoms with E-state index >= 15 is 0 Å². The van der Waals surface area contributed by atoms with Gasteiger partial charge in [0.15, 0.2) is 5.82 Å². The zero-order valence-corrected chi connectivity index (χ0v) is 18.2. The molecule has 0 saturated carbocycles. The highest BCUT2D eigenvalue weighted by Crippen LogP contribution is 2.24. The molecule has 1 aliphatic rings. The molecular weight excluding hydrogens is 420 g/mol. The first kappa shape index (κ1) is 21.0. The van der Waals surface area contributed by atoms with Gasteiger partial charge in [0.25, 0.3) is 0 Å². The van der Waals surface area contributed by atoms with Gasteiger partial charge in [-0.1, -0.05) is 60.1 Å². The number of sulfonamides is 1. The molecule has 1 saturated heterocycles. The average molecular weight is 445 g/mol. The monoisotopic (exact) mass is 444 g/mol. The number of benzene rings is 1. The fourth-order valence-corrected chi connectivity index (χ4v) is 5.51. The molecule has 158 valence electrons. The van der Waals surface area contributed by atoms with Crippen LogP contribution in [0.5, 0.6) is 0 Å². The van der Waals surface area contributed by atoms with E-state index in [1.54, 1.807) is 16.4 Å². The number of hydrogen-bond donors (Lipinski definition) is 0. The molecule has 30 heavy (non-hydrogen) atoms. The number of nitrogens with zero attached hydrogens (tertiary/aromatic N) is 4. The van der Waals surface area contributed by atoms with Crippen molar-refractivity contribution in [2.45, 2.75) is 47.8 Å². The molecule has 0 amide bonds. The van der Waals surface area contributed by atoms with Crippen LogP contribution in [0.4, 0.5) is 0 Å². The molecule has 4 rings (SSSR count). The highest BCUT2D eigenvalue weighted by molar-refractivity contribution is 7.98. The van der Waals surface area contributed by atoms with E-state index < -0.39 is 10.0 Å². The van der Waals surface area contributed by atoms with Crippen LogP contribution in [0.3, 0.4) is 0 Å². The highest BCUT2D eigenvalue weighted by Gasteiger charge is 2.25. The van der Waals surface area contributed by atoms with Gasteiger partial charge in [0.1, 0.15) is 4.90 Å². The van der Waals surface area contributed by atoms with Crippen molar-refractivity contribution in [3.63, 3.8) is 0 Å². The van der Waals surface area contributed by atoms with Gasteiger partial charge in [-0.05, 0) is 30.5 Å². The number of thioether (sulfide) groups is 1. The van der Waals surface area contributed by atoms with E-state index in [0.717, 1.165) is 31.2 Å². The third-order valence-electron chi connectivity index (χ3n) is 4.97. The van der Waals surface area contributed by atoms with Crippen LogP contribution in [-0.2, 0) is 22.2 Å². The number of aromatic nitrogens is 3. The van der Waals surface area contributed by atoms with Gasteiger partial charge in [0.2, 0.25) is 15.9 Å². The minimum atomic E-state index is -3.47. The Morgan fingerprint density at radius 2 is 1.77 bits per heavy atom. The largest absolute Gasteiger partial charge is 0.338 e. The van der Waals surface area contributed by atoms with Gasteiger partial charge in [0.05, 0.1) is 10.8 Å². The summed E-state index contributed by atoms with van der Waals surface area (Å²) in [6.45, 7) is 1.17. The molecule has 2 aromatic heterocycles. The summed E-state index contributed by atoms with van der Waals surface area (Å²) < 4.78 is 32.6. The van der Waals surface area contributed by atoms with Crippen molar-refractivity contribution in [2.75, 3.05) is 13.1 Å². The van der Waals surface area contributed by atoms with Crippen LogP contribution in [0.25, 0.3) is 0 Å². The smallest absolute Gasteiger partial charge is 0.244 e. The number of hydrogen-bond acceptors (Lipinski definition) is 7. The Morgan fingerprint density at radius 3 is 2.47 bits per heavy atom. The van der Waals surface area contributed by atoms with Gasteiger partial charge in [-0.3, -0.25) is 0 Å². The van der Waals surface area contributed by atoms with Crippen molar-refractivity contribution < 1.29 is 12.9 Å². The second kappa shape index (κ2) is 9.72. The molecule has 0 aliphatic carbocycles. The first-order valence-corrected chi connectivity index (χ1v) is 12.5. The molecule has 0 spiro atoms. The summed E-state index contributed by atoms with van der Waals surface area (Å²) in [5.41, 5.74) is 1.13. The fourth-order valence-electron chi connectivity index (χ4n) is 3.37. The maximum atomic E-state index is 12.8. The zero-order chi connectivity index (χ0) is 20.8. The lowest BCUT2D eigenvalue weighted by molar-refractivity contribution is 0.386. The molecule has 7 nitrogen and oxygen atoms in total. The normalized spacial score (nSPS) is 15.7. The zero-order valence-electron chi connectivity index (χ0n) is 16.6. The summed E-state index contributed by atoms with van der Waals surface area (Å²) in [6, 6.07) is 13.3. The molecule has 0 N–H and O–H groups in total. The SMILES string of the molecule is O=S(=O)(c1ccc(SCc2nc(Cc3ccccc3)no2)nc1)N1CCCCCC1. The topological polar surface area (TPSA) is 89.2 Å². The Hall–Kier alpha value is -2.23. The first-order valence-electron chi connectivity index (χ1n) is 10.1. The predicted molar refractivity (Wildman–Crippen MR) is 115 cm³/mol. The molecule has 1 fully saturated rings. The third kappa shape index (κ3) is 5.27. The quantitative estimate of drug-likeness (QED) is 0.510. The van der Waals surface area contributed by atoms with Crippen molar-refractivity contribution >= 4 is 21.8 Å². The Labute approximate surface area is 181 Å². The van der Waals surface area contributed by atoms with Crippen molar-refractivity contribution in [2.24, 2.45) is 0 Å². The maximum Gasteiger partial charge on any atom is 0.244 e. The van der Waals surface area contributed by atoms with Gasteiger partial charge in [-0.25, -0.2) is 13.4 Å². The summed E-state index contributed by atoms with van der Waals surface area (Å²) in [7, 11) is -3.47. The van der Waals surface area contributed by atoms with Gasteiger partial charge in [-0.15, -0.1) is 0 Å². The van der Waals surface area contributed by atoms with E-state index in [1.165, 1.54) is 18.0 Å². The van der Waals surface area contributed by atoms with Crippen molar-refractivity contribution in [3.05, 3.63) is 65.9 Å². The second-order valence-electron chi connectivity index (χ2n) is 7.21. The van der Waals surface area contributed by atoms with Crippen LogP contribution in [0.2, 0.25) is 0 Å². The number of pyridine rings is 1. The average Bonchev–Trinajstić information content (AvgIpc) is 3.02. The summed E-state index contributed by atoms with van der Waals surface area (Å²) in [5, 5.41) is 4.74. The van der Waals surface area contributed by atoms with Gasteiger partial charge >= 0.3 is 0 Å². The highest BCUT2D eigenvalue weighted by atomic mass is 32.2. The summed E-state index contributed by atoms with van der Waals surface area (Å²) >= 11 is 1.44. The first-order chi connectivity index (χ1) is 14.6. The molecule has 1 aromatic carbocycles. The van der Waals surface area contributed by atoms with E-state index in [2.05, 4.69) is 15.1 Å². The van der Waals surface area contributed by atoms with Crippen LogP contribution in [0.1, 0.15) is 43.0 Å².